The number of carbonyl (C=O) groups is 1. The third kappa shape index (κ3) is 3.97. The minimum atomic E-state index is -0.177. The lowest BCUT2D eigenvalue weighted by molar-refractivity contribution is 0.102. The van der Waals surface area contributed by atoms with Crippen molar-refractivity contribution in [3.63, 3.8) is 0 Å². The van der Waals surface area contributed by atoms with Crippen LogP contribution in [0.25, 0.3) is 11.0 Å². The van der Waals surface area contributed by atoms with Crippen molar-refractivity contribution in [2.75, 3.05) is 43.4 Å². The lowest BCUT2D eigenvalue weighted by Crippen LogP contribution is -2.44. The first-order valence-electron chi connectivity index (χ1n) is 11.2. The summed E-state index contributed by atoms with van der Waals surface area (Å²) in [6.45, 7) is 4.15. The highest BCUT2D eigenvalue weighted by Gasteiger charge is 2.21. The van der Waals surface area contributed by atoms with Gasteiger partial charge in [-0.25, -0.2) is 4.79 Å². The lowest BCUT2D eigenvalue weighted by Gasteiger charge is -2.34. The van der Waals surface area contributed by atoms with Gasteiger partial charge in [0.15, 0.2) is 0 Å². The number of carbonyl (C=O) groups excluding carboxylic acids is 1. The monoisotopic (exact) mass is 419 g/mol. The number of benzene rings is 2. The number of nitrogens with one attached hydrogen (secondary N) is 2. The summed E-state index contributed by atoms with van der Waals surface area (Å²) in [6.07, 6.45) is 4.41. The Morgan fingerprint density at radius 1 is 1.00 bits per heavy atom. The van der Waals surface area contributed by atoms with Gasteiger partial charge in [0, 0.05) is 49.2 Å². The van der Waals surface area contributed by atoms with Crippen LogP contribution in [0.1, 0.15) is 42.1 Å². The zero-order valence-electron chi connectivity index (χ0n) is 17.9. The molecule has 2 heterocycles. The summed E-state index contributed by atoms with van der Waals surface area (Å²) in [5.74, 6) is -0.177. The van der Waals surface area contributed by atoms with E-state index in [1.165, 1.54) is 5.69 Å². The molecule has 1 saturated carbocycles. The van der Waals surface area contributed by atoms with E-state index >= 15 is 0 Å². The zero-order valence-corrected chi connectivity index (χ0v) is 17.9. The van der Waals surface area contributed by atoms with Crippen LogP contribution < -0.4 is 15.9 Å². The second-order valence-electron chi connectivity index (χ2n) is 8.76. The van der Waals surface area contributed by atoms with E-state index in [2.05, 4.69) is 39.3 Å². The maximum Gasteiger partial charge on any atom is 0.326 e. The Hall–Kier alpha value is -3.06. The summed E-state index contributed by atoms with van der Waals surface area (Å²) in [4.78, 5) is 32.9. The molecule has 31 heavy (non-hydrogen) atoms. The van der Waals surface area contributed by atoms with E-state index in [0.717, 1.165) is 68.6 Å². The Balaban J connectivity index is 1.30. The number of anilines is 2. The first kappa shape index (κ1) is 19.9. The number of aromatic nitrogens is 2. The summed E-state index contributed by atoms with van der Waals surface area (Å²) < 4.78 is 1.86. The smallest absolute Gasteiger partial charge is 0.326 e. The molecule has 1 aromatic heterocycles. The second kappa shape index (κ2) is 8.23. The molecule has 0 spiro atoms. The minimum absolute atomic E-state index is 0.0843. The highest BCUT2D eigenvalue weighted by Crippen LogP contribution is 2.31. The molecule has 2 aromatic carbocycles. The van der Waals surface area contributed by atoms with Crippen molar-refractivity contribution in [1.29, 1.82) is 0 Å². The molecular weight excluding hydrogens is 390 g/mol. The molecule has 7 heteroatoms. The van der Waals surface area contributed by atoms with Gasteiger partial charge < -0.3 is 20.1 Å². The molecule has 1 saturated heterocycles. The normalized spacial score (nSPS) is 18.0. The molecule has 2 fully saturated rings. The van der Waals surface area contributed by atoms with Crippen LogP contribution in [0, 0.1) is 0 Å². The predicted molar refractivity (Wildman–Crippen MR) is 124 cm³/mol. The molecule has 2 aliphatic rings. The molecule has 1 aliphatic heterocycles. The third-order valence-electron chi connectivity index (χ3n) is 6.66. The van der Waals surface area contributed by atoms with Crippen LogP contribution in [-0.2, 0) is 0 Å². The van der Waals surface area contributed by atoms with Crippen molar-refractivity contribution >= 4 is 28.3 Å². The number of rotatable bonds is 4. The number of piperazine rings is 1. The average molecular weight is 420 g/mol. The van der Waals surface area contributed by atoms with E-state index in [1.54, 1.807) is 12.1 Å². The van der Waals surface area contributed by atoms with Crippen molar-refractivity contribution in [3.05, 3.63) is 58.5 Å². The molecule has 162 valence electrons. The van der Waals surface area contributed by atoms with E-state index in [9.17, 15) is 9.59 Å². The van der Waals surface area contributed by atoms with Gasteiger partial charge in [-0.3, -0.25) is 9.36 Å². The number of likely N-dealkylation sites (N-methyl/N-ethyl adjacent to an activating group) is 1. The highest BCUT2D eigenvalue weighted by atomic mass is 16.2. The third-order valence-corrected chi connectivity index (χ3v) is 6.66. The standard InChI is InChI=1S/C24H29N5O2/c1-27-12-14-28(15-13-27)19-9-7-18(8-10-19)25-23(30)17-6-11-22-21(16-17)26-24(31)29(22)20-4-2-3-5-20/h6-11,16,20H,2-5,12-15H2,1H3,(H,25,30)(H,26,31). The topological polar surface area (TPSA) is 73.4 Å². The van der Waals surface area contributed by atoms with Crippen molar-refractivity contribution in [3.8, 4) is 0 Å². The van der Waals surface area contributed by atoms with Crippen LogP contribution in [-0.4, -0.2) is 53.6 Å². The van der Waals surface area contributed by atoms with Gasteiger partial charge in [0.1, 0.15) is 0 Å². The molecule has 7 nitrogen and oxygen atoms in total. The number of hydrogen-bond donors (Lipinski definition) is 2. The SMILES string of the molecule is CN1CCN(c2ccc(NC(=O)c3ccc4c(c3)[nH]c(=O)n4C3CCCC3)cc2)CC1. The fourth-order valence-corrected chi connectivity index (χ4v) is 4.82. The van der Waals surface area contributed by atoms with E-state index in [1.807, 2.05) is 22.8 Å². The summed E-state index contributed by atoms with van der Waals surface area (Å²) in [6, 6.07) is 13.7. The van der Waals surface area contributed by atoms with Gasteiger partial charge in [0.2, 0.25) is 0 Å². The molecule has 1 amide bonds. The molecule has 0 atom stereocenters. The van der Waals surface area contributed by atoms with Crippen molar-refractivity contribution in [1.82, 2.24) is 14.5 Å². The molecule has 0 unspecified atom stereocenters. The molecule has 1 aliphatic carbocycles. The van der Waals surface area contributed by atoms with E-state index in [-0.39, 0.29) is 17.6 Å². The average Bonchev–Trinajstić information content (AvgIpc) is 3.41. The predicted octanol–water partition coefficient (Wildman–Crippen LogP) is 3.45. The van der Waals surface area contributed by atoms with Crippen LogP contribution in [0.5, 0.6) is 0 Å². The van der Waals surface area contributed by atoms with E-state index < -0.39 is 0 Å². The van der Waals surface area contributed by atoms with Gasteiger partial charge in [-0.1, -0.05) is 12.8 Å². The number of amides is 1. The summed E-state index contributed by atoms with van der Waals surface area (Å²) >= 11 is 0. The van der Waals surface area contributed by atoms with E-state index in [4.69, 9.17) is 0 Å². The van der Waals surface area contributed by atoms with Crippen molar-refractivity contribution in [2.24, 2.45) is 0 Å². The second-order valence-corrected chi connectivity index (χ2v) is 8.76. The summed E-state index contributed by atoms with van der Waals surface area (Å²) in [5.41, 5.74) is 3.99. The molecule has 5 rings (SSSR count). The Bertz CT molecular complexity index is 1130. The number of aromatic amines is 1. The number of fused-ring (bicyclic) bond motifs is 1. The first-order chi connectivity index (χ1) is 15.1. The molecular formula is C24H29N5O2. The fraction of sp³-hybridized carbons (Fsp3) is 0.417. The van der Waals surface area contributed by atoms with Gasteiger partial charge in [0.05, 0.1) is 11.0 Å². The summed E-state index contributed by atoms with van der Waals surface area (Å²) in [5, 5.41) is 2.97. The van der Waals surface area contributed by atoms with Crippen LogP contribution in [0.4, 0.5) is 11.4 Å². The van der Waals surface area contributed by atoms with Gasteiger partial charge in [-0.2, -0.15) is 0 Å². The molecule has 0 radical (unpaired) electrons. The summed E-state index contributed by atoms with van der Waals surface area (Å²) in [7, 11) is 2.15. The van der Waals surface area contributed by atoms with Crippen LogP contribution in [0.2, 0.25) is 0 Å². The van der Waals surface area contributed by atoms with Crippen molar-refractivity contribution < 1.29 is 4.79 Å². The Morgan fingerprint density at radius 3 is 2.42 bits per heavy atom. The van der Waals surface area contributed by atoms with Gasteiger partial charge in [-0.15, -0.1) is 0 Å². The minimum Gasteiger partial charge on any atom is -0.369 e. The lowest BCUT2D eigenvalue weighted by atomic mass is 10.1. The fourth-order valence-electron chi connectivity index (χ4n) is 4.82. The van der Waals surface area contributed by atoms with Gasteiger partial charge >= 0.3 is 5.69 Å². The number of nitrogens with zero attached hydrogens (tertiary/aromatic N) is 3. The number of hydrogen-bond acceptors (Lipinski definition) is 4. The van der Waals surface area contributed by atoms with Crippen LogP contribution in [0.15, 0.2) is 47.3 Å². The Kier molecular flexibility index (Phi) is 5.28. The molecule has 0 bridgehead atoms. The maximum atomic E-state index is 12.8. The van der Waals surface area contributed by atoms with Gasteiger partial charge in [-0.05, 0) is 62.4 Å². The van der Waals surface area contributed by atoms with Crippen molar-refractivity contribution in [2.45, 2.75) is 31.7 Å². The van der Waals surface area contributed by atoms with Gasteiger partial charge in [0.25, 0.3) is 5.91 Å². The highest BCUT2D eigenvalue weighted by molar-refractivity contribution is 6.06. The first-order valence-corrected chi connectivity index (χ1v) is 11.2. The molecule has 2 N–H and O–H groups in total. The quantitative estimate of drug-likeness (QED) is 0.679. The molecule has 3 aromatic rings. The van der Waals surface area contributed by atoms with Crippen LogP contribution in [0.3, 0.4) is 0 Å². The van der Waals surface area contributed by atoms with E-state index in [0.29, 0.717) is 5.56 Å². The number of H-pyrrole nitrogens is 1. The number of imidazole rings is 1. The largest absolute Gasteiger partial charge is 0.369 e. The maximum absolute atomic E-state index is 12.8. The zero-order chi connectivity index (χ0) is 21.4. The van der Waals surface area contributed by atoms with Crippen LogP contribution >= 0.6 is 0 Å². The Morgan fingerprint density at radius 2 is 1.71 bits per heavy atom. The Labute approximate surface area is 181 Å².